The molecule has 4 aliphatic heterocycles. The van der Waals surface area contributed by atoms with Gasteiger partial charge in [0.2, 0.25) is 17.7 Å². The summed E-state index contributed by atoms with van der Waals surface area (Å²) in [6.07, 6.45) is 11.4. The van der Waals surface area contributed by atoms with Crippen LogP contribution in [-0.2, 0) is 32.2 Å². The summed E-state index contributed by atoms with van der Waals surface area (Å²) in [7, 11) is 0. The van der Waals surface area contributed by atoms with Crippen molar-refractivity contribution in [2.24, 2.45) is 0 Å². The third kappa shape index (κ3) is 9.32. The van der Waals surface area contributed by atoms with Gasteiger partial charge in [0.25, 0.3) is 5.91 Å². The number of aromatic nitrogens is 4. The number of nitrogens with one attached hydrogen (secondary N) is 1. The van der Waals surface area contributed by atoms with Crippen LogP contribution < -0.4 is 10.1 Å². The minimum absolute atomic E-state index is 0.0453. The predicted molar refractivity (Wildman–Crippen MR) is 228 cm³/mol. The summed E-state index contributed by atoms with van der Waals surface area (Å²) in [6.45, 7) is 4.66. The molecule has 0 radical (unpaired) electrons. The van der Waals surface area contributed by atoms with Gasteiger partial charge in [-0.05, 0) is 73.6 Å². The van der Waals surface area contributed by atoms with Crippen LogP contribution in [0.1, 0.15) is 85.3 Å². The maximum Gasteiger partial charge on any atom is 0.255 e. The number of imide groups is 1. The topological polar surface area (TPSA) is 152 Å². The summed E-state index contributed by atoms with van der Waals surface area (Å²) in [5.74, 6) is -1.39. The van der Waals surface area contributed by atoms with Crippen LogP contribution in [0.15, 0.2) is 67.1 Å². The third-order valence-electron chi connectivity index (χ3n) is 12.7. The van der Waals surface area contributed by atoms with E-state index in [1.54, 1.807) is 24.5 Å². The molecular weight excluding hydrogens is 811 g/mol. The second-order valence-electron chi connectivity index (χ2n) is 16.8. The van der Waals surface area contributed by atoms with Crippen molar-refractivity contribution < 1.29 is 37.4 Å². The predicted octanol–water partition coefficient (Wildman–Crippen LogP) is 6.22. The molecule has 2 aromatic heterocycles. The second-order valence-corrected chi connectivity index (χ2v) is 16.8. The standard InChI is InChI=1S/C47H50F2N8O6/c48-38-22-31(23-39(49)37(38)29-54-17-20-62-21-18-54)35-6-5-7-40-45(35)52-41(26-50-40)32-25-51-57(28-32)33-13-15-55(16-14-33)44(59)8-3-1-2-4-19-63-34-10-9-30-27-56(47(61)36(30)24-34)42-11-12-43(58)53-46(42)60/h5-7,9-10,22-26,28,33,42H,1-4,8,11-21,27,29H2,(H,53,58,60). The fourth-order valence-corrected chi connectivity index (χ4v) is 9.05. The molecule has 1 N–H and O–H groups in total. The summed E-state index contributed by atoms with van der Waals surface area (Å²) < 4.78 is 44.1. The SMILES string of the molecule is O=C1CCC(N2Cc3ccc(OCCCCCCC(=O)N4CCC(n5cc(-c6cnc7cccc(-c8cc(F)c(CN9CCOCC9)c(F)c8)c7n6)cn5)CC4)cc3C2=O)C(=O)N1. The molecule has 4 aliphatic rings. The zero-order chi connectivity index (χ0) is 43.5. The van der Waals surface area contributed by atoms with Crippen LogP contribution in [0.3, 0.4) is 0 Å². The highest BCUT2D eigenvalue weighted by Gasteiger charge is 2.39. The smallest absolute Gasteiger partial charge is 0.255 e. The Bertz CT molecular complexity index is 2510. The van der Waals surface area contributed by atoms with Gasteiger partial charge in [0, 0.05) is 80.6 Å². The Morgan fingerprint density at radius 1 is 0.873 bits per heavy atom. The van der Waals surface area contributed by atoms with Crippen LogP contribution in [-0.4, -0.2) is 110 Å². The summed E-state index contributed by atoms with van der Waals surface area (Å²) in [5, 5.41) is 6.99. The molecule has 63 heavy (non-hydrogen) atoms. The number of amides is 4. The summed E-state index contributed by atoms with van der Waals surface area (Å²) in [5.41, 5.74) is 4.93. The Hall–Kier alpha value is -6.13. The average molecular weight is 861 g/mol. The van der Waals surface area contributed by atoms with Crippen molar-refractivity contribution in [1.82, 2.24) is 39.8 Å². The first kappa shape index (κ1) is 42.2. The number of fused-ring (bicyclic) bond motifs is 2. The Morgan fingerprint density at radius 2 is 1.67 bits per heavy atom. The van der Waals surface area contributed by atoms with Gasteiger partial charge >= 0.3 is 0 Å². The number of carbonyl (C=O) groups excluding carboxylic acids is 4. The number of rotatable bonds is 14. The van der Waals surface area contributed by atoms with Crippen LogP contribution in [0.2, 0.25) is 0 Å². The first-order chi connectivity index (χ1) is 30.7. The maximum absolute atomic E-state index is 15.4. The van der Waals surface area contributed by atoms with Crippen molar-refractivity contribution in [3.8, 4) is 28.1 Å². The number of hydrogen-bond donors (Lipinski definition) is 1. The zero-order valence-electron chi connectivity index (χ0n) is 35.1. The van der Waals surface area contributed by atoms with Crippen molar-refractivity contribution >= 4 is 34.7 Å². The maximum atomic E-state index is 15.4. The van der Waals surface area contributed by atoms with Crippen LogP contribution in [0, 0.1) is 11.6 Å². The number of unbranched alkanes of at least 4 members (excludes halogenated alkanes) is 3. The van der Waals surface area contributed by atoms with Gasteiger partial charge in [0.15, 0.2) is 0 Å². The van der Waals surface area contributed by atoms with Gasteiger partial charge in [-0.2, -0.15) is 5.10 Å². The Morgan fingerprint density at radius 3 is 2.46 bits per heavy atom. The van der Waals surface area contributed by atoms with Gasteiger partial charge < -0.3 is 19.3 Å². The lowest BCUT2D eigenvalue weighted by molar-refractivity contribution is -0.137. The molecule has 6 heterocycles. The molecular formula is C47H50F2N8O6. The monoisotopic (exact) mass is 860 g/mol. The highest BCUT2D eigenvalue weighted by atomic mass is 19.1. The van der Waals surface area contributed by atoms with E-state index in [0.717, 1.165) is 49.7 Å². The molecule has 5 aromatic rings. The number of nitrogens with zero attached hydrogens (tertiary/aromatic N) is 7. The minimum atomic E-state index is -0.648. The summed E-state index contributed by atoms with van der Waals surface area (Å²) >= 11 is 0. The van der Waals surface area contributed by atoms with Crippen LogP contribution in [0.4, 0.5) is 8.78 Å². The third-order valence-corrected chi connectivity index (χ3v) is 12.7. The minimum Gasteiger partial charge on any atom is -0.494 e. The van der Waals surface area contributed by atoms with E-state index < -0.39 is 23.6 Å². The lowest BCUT2D eigenvalue weighted by Gasteiger charge is -2.32. The number of ether oxygens (including phenoxy) is 2. The molecule has 3 fully saturated rings. The van der Waals surface area contributed by atoms with E-state index in [1.807, 2.05) is 44.9 Å². The van der Waals surface area contributed by atoms with Gasteiger partial charge in [-0.1, -0.05) is 31.0 Å². The molecule has 0 saturated carbocycles. The number of morpholine rings is 1. The fraction of sp³-hybridized carbons (Fsp3) is 0.426. The highest BCUT2D eigenvalue weighted by molar-refractivity contribution is 6.05. The van der Waals surface area contributed by atoms with Crippen molar-refractivity contribution in [3.63, 3.8) is 0 Å². The van der Waals surface area contributed by atoms with E-state index in [1.165, 1.54) is 17.0 Å². The van der Waals surface area contributed by atoms with Gasteiger partial charge in [0.1, 0.15) is 23.4 Å². The molecule has 0 bridgehead atoms. The number of hydrogen-bond acceptors (Lipinski definition) is 10. The fourth-order valence-electron chi connectivity index (χ4n) is 9.05. The lowest BCUT2D eigenvalue weighted by atomic mass is 10.0. The van der Waals surface area contributed by atoms with E-state index in [4.69, 9.17) is 14.5 Å². The lowest BCUT2D eigenvalue weighted by Crippen LogP contribution is -2.52. The van der Waals surface area contributed by atoms with Crippen molar-refractivity contribution in [3.05, 3.63) is 95.4 Å². The molecule has 3 saturated heterocycles. The molecule has 328 valence electrons. The average Bonchev–Trinajstić information content (AvgIpc) is 3.92. The normalized spacial score (nSPS) is 18.6. The molecule has 1 atom stereocenters. The first-order valence-electron chi connectivity index (χ1n) is 22.0. The Labute approximate surface area is 363 Å². The molecule has 3 aromatic carbocycles. The van der Waals surface area contributed by atoms with Gasteiger partial charge in [-0.25, -0.2) is 13.8 Å². The van der Waals surface area contributed by atoms with Crippen molar-refractivity contribution in [2.45, 2.75) is 83.0 Å². The van der Waals surface area contributed by atoms with Crippen molar-refractivity contribution in [1.29, 1.82) is 0 Å². The molecule has 1 unspecified atom stereocenters. The van der Waals surface area contributed by atoms with Gasteiger partial charge in [-0.3, -0.25) is 39.1 Å². The number of carbonyl (C=O) groups is 4. The number of benzene rings is 3. The quantitative estimate of drug-likeness (QED) is 0.101. The van der Waals surface area contributed by atoms with E-state index >= 15 is 8.78 Å². The molecule has 0 aliphatic carbocycles. The molecule has 9 rings (SSSR count). The number of likely N-dealkylation sites (tertiary alicyclic amines) is 1. The van der Waals surface area contributed by atoms with E-state index in [9.17, 15) is 19.2 Å². The zero-order valence-corrected chi connectivity index (χ0v) is 35.1. The second kappa shape index (κ2) is 18.7. The number of halogens is 2. The molecule has 0 spiro atoms. The molecule has 14 nitrogen and oxygen atoms in total. The van der Waals surface area contributed by atoms with Crippen LogP contribution >= 0.6 is 0 Å². The number of para-hydroxylation sites is 1. The van der Waals surface area contributed by atoms with Crippen LogP contribution in [0.5, 0.6) is 5.75 Å². The molecule has 4 amide bonds. The summed E-state index contributed by atoms with van der Waals surface area (Å²) in [6, 6.07) is 13.1. The Kier molecular flexibility index (Phi) is 12.5. The highest BCUT2D eigenvalue weighted by Crippen LogP contribution is 2.33. The van der Waals surface area contributed by atoms with Crippen molar-refractivity contribution in [2.75, 3.05) is 46.0 Å². The Balaban J connectivity index is 0.718. The van der Waals surface area contributed by atoms with E-state index in [-0.39, 0.29) is 42.3 Å². The largest absolute Gasteiger partial charge is 0.494 e. The summed E-state index contributed by atoms with van der Waals surface area (Å²) in [4.78, 5) is 65.1. The first-order valence-corrected chi connectivity index (χ1v) is 22.0. The number of piperidine rings is 2. The van der Waals surface area contributed by atoms with Gasteiger partial charge in [0.05, 0.1) is 55.0 Å². The van der Waals surface area contributed by atoms with E-state index in [2.05, 4.69) is 15.4 Å². The molecule has 16 heteroatoms. The van der Waals surface area contributed by atoms with Gasteiger partial charge in [-0.15, -0.1) is 0 Å². The van der Waals surface area contributed by atoms with Crippen LogP contribution in [0.25, 0.3) is 33.4 Å². The van der Waals surface area contributed by atoms with E-state index in [0.29, 0.717) is 105 Å².